The summed E-state index contributed by atoms with van der Waals surface area (Å²) in [7, 11) is 0. The lowest BCUT2D eigenvalue weighted by molar-refractivity contribution is 0.593. The molecule has 0 bridgehead atoms. The van der Waals surface area contributed by atoms with E-state index < -0.39 is 0 Å². The summed E-state index contributed by atoms with van der Waals surface area (Å²) < 4.78 is 0. The molecular formula is C30H26. The van der Waals surface area contributed by atoms with Crippen LogP contribution < -0.4 is 0 Å². The summed E-state index contributed by atoms with van der Waals surface area (Å²) in [5.41, 5.74) is 6.61. The molecule has 0 unspecified atom stereocenters. The van der Waals surface area contributed by atoms with Crippen molar-refractivity contribution < 1.29 is 0 Å². The number of rotatable bonds is 2. The van der Waals surface area contributed by atoms with Crippen LogP contribution in [-0.4, -0.2) is 0 Å². The molecule has 146 valence electrons. The van der Waals surface area contributed by atoms with E-state index in [9.17, 15) is 0 Å². The minimum atomic E-state index is 0.0137. The van der Waals surface area contributed by atoms with Crippen LogP contribution in [0.15, 0.2) is 103 Å². The van der Waals surface area contributed by atoms with Crippen LogP contribution in [0, 0.1) is 0 Å². The standard InChI is InChI=1S/C30H26/c1-30(2,3)27-20-26-24-17-11-10-12-21(24)18-19-25(26)28(22-13-6-4-7-14-22)29(27)23-15-8-5-9-16-23/h4-20H,1-3H3. The van der Waals surface area contributed by atoms with Gasteiger partial charge in [0.25, 0.3) is 0 Å². The van der Waals surface area contributed by atoms with Crippen molar-refractivity contribution in [2.75, 3.05) is 0 Å². The van der Waals surface area contributed by atoms with Crippen LogP contribution in [0.3, 0.4) is 0 Å². The highest BCUT2D eigenvalue weighted by molar-refractivity contribution is 6.15. The second kappa shape index (κ2) is 7.15. The predicted octanol–water partition coefficient (Wildman–Crippen LogP) is 8.62. The Kier molecular flexibility index (Phi) is 4.44. The van der Waals surface area contributed by atoms with E-state index >= 15 is 0 Å². The second-order valence-electron chi connectivity index (χ2n) is 9.04. The lowest BCUT2D eigenvalue weighted by Gasteiger charge is -2.27. The molecule has 5 aromatic rings. The second-order valence-corrected chi connectivity index (χ2v) is 9.04. The van der Waals surface area contributed by atoms with Crippen LogP contribution in [-0.2, 0) is 5.41 Å². The van der Waals surface area contributed by atoms with E-state index in [2.05, 4.69) is 124 Å². The molecule has 5 rings (SSSR count). The quantitative estimate of drug-likeness (QED) is 0.266. The van der Waals surface area contributed by atoms with E-state index in [1.165, 1.54) is 49.4 Å². The average Bonchev–Trinajstić information content (AvgIpc) is 2.78. The first-order valence-electron chi connectivity index (χ1n) is 10.6. The normalized spacial score (nSPS) is 11.8. The molecule has 30 heavy (non-hydrogen) atoms. The predicted molar refractivity (Wildman–Crippen MR) is 131 cm³/mol. The van der Waals surface area contributed by atoms with E-state index in [-0.39, 0.29) is 5.41 Å². The number of fused-ring (bicyclic) bond motifs is 3. The van der Waals surface area contributed by atoms with Crippen molar-refractivity contribution in [1.82, 2.24) is 0 Å². The molecule has 0 aromatic heterocycles. The van der Waals surface area contributed by atoms with Crippen molar-refractivity contribution in [3.8, 4) is 22.3 Å². The van der Waals surface area contributed by atoms with Gasteiger partial charge in [0.2, 0.25) is 0 Å². The Balaban J connectivity index is 2.04. The van der Waals surface area contributed by atoms with E-state index in [4.69, 9.17) is 0 Å². The zero-order valence-corrected chi connectivity index (χ0v) is 17.8. The SMILES string of the molecule is CC(C)(C)c1cc2c(ccc3ccccc32)c(-c2ccccc2)c1-c1ccccc1. The van der Waals surface area contributed by atoms with Gasteiger partial charge in [-0.2, -0.15) is 0 Å². The molecule has 0 aliphatic heterocycles. The molecule has 5 aromatic carbocycles. The first kappa shape index (κ1) is 18.6. The van der Waals surface area contributed by atoms with Gasteiger partial charge in [0, 0.05) is 0 Å². The van der Waals surface area contributed by atoms with Crippen LogP contribution in [0.2, 0.25) is 0 Å². The minimum Gasteiger partial charge on any atom is -0.0622 e. The van der Waals surface area contributed by atoms with Crippen LogP contribution in [0.5, 0.6) is 0 Å². The van der Waals surface area contributed by atoms with Gasteiger partial charge in [0.05, 0.1) is 0 Å². The summed E-state index contributed by atoms with van der Waals surface area (Å²) in [5.74, 6) is 0. The lowest BCUT2D eigenvalue weighted by Crippen LogP contribution is -2.14. The molecule has 0 fully saturated rings. The topological polar surface area (TPSA) is 0 Å². The van der Waals surface area contributed by atoms with E-state index in [0.717, 1.165) is 0 Å². The van der Waals surface area contributed by atoms with Gasteiger partial charge < -0.3 is 0 Å². The molecule has 0 N–H and O–H groups in total. The van der Waals surface area contributed by atoms with Gasteiger partial charge in [-0.25, -0.2) is 0 Å². The number of hydrogen-bond acceptors (Lipinski definition) is 0. The van der Waals surface area contributed by atoms with Gasteiger partial charge in [-0.3, -0.25) is 0 Å². The van der Waals surface area contributed by atoms with Crippen molar-refractivity contribution >= 4 is 21.5 Å². The van der Waals surface area contributed by atoms with Crippen LogP contribution >= 0.6 is 0 Å². The molecule has 0 radical (unpaired) electrons. The molecule has 0 atom stereocenters. The Morgan fingerprint density at radius 2 is 1.03 bits per heavy atom. The number of benzene rings is 5. The van der Waals surface area contributed by atoms with Crippen molar-refractivity contribution in [3.63, 3.8) is 0 Å². The highest BCUT2D eigenvalue weighted by Gasteiger charge is 2.24. The van der Waals surface area contributed by atoms with Crippen molar-refractivity contribution in [2.24, 2.45) is 0 Å². The van der Waals surface area contributed by atoms with Crippen LogP contribution in [0.25, 0.3) is 43.8 Å². The lowest BCUT2D eigenvalue weighted by atomic mass is 9.76. The Hall–Kier alpha value is -3.38. The Morgan fingerprint density at radius 3 is 1.67 bits per heavy atom. The van der Waals surface area contributed by atoms with Gasteiger partial charge in [-0.05, 0) is 60.8 Å². The van der Waals surface area contributed by atoms with Gasteiger partial charge in [0.1, 0.15) is 0 Å². The molecule has 0 saturated heterocycles. The molecule has 0 heterocycles. The zero-order chi connectivity index (χ0) is 20.7. The van der Waals surface area contributed by atoms with Crippen molar-refractivity contribution in [3.05, 3.63) is 109 Å². The van der Waals surface area contributed by atoms with Gasteiger partial charge in [-0.1, -0.05) is 118 Å². The first-order valence-corrected chi connectivity index (χ1v) is 10.6. The minimum absolute atomic E-state index is 0.0137. The fourth-order valence-corrected chi connectivity index (χ4v) is 4.56. The largest absolute Gasteiger partial charge is 0.0622 e. The van der Waals surface area contributed by atoms with E-state index in [0.29, 0.717) is 0 Å². The molecule has 0 amide bonds. The maximum Gasteiger partial charge on any atom is -0.00236 e. The average molecular weight is 387 g/mol. The Bertz CT molecular complexity index is 1340. The van der Waals surface area contributed by atoms with Crippen molar-refractivity contribution in [2.45, 2.75) is 26.2 Å². The first-order chi connectivity index (χ1) is 14.5. The molecule has 0 saturated carbocycles. The smallest absolute Gasteiger partial charge is 0.00236 e. The molecule has 0 aliphatic carbocycles. The van der Waals surface area contributed by atoms with Gasteiger partial charge >= 0.3 is 0 Å². The summed E-state index contributed by atoms with van der Waals surface area (Å²) in [6, 6.07) is 37.4. The highest BCUT2D eigenvalue weighted by atomic mass is 14.3. The Labute approximate surface area is 178 Å². The van der Waals surface area contributed by atoms with E-state index in [1.807, 2.05) is 0 Å². The molecule has 0 nitrogen and oxygen atoms in total. The van der Waals surface area contributed by atoms with Crippen LogP contribution in [0.1, 0.15) is 26.3 Å². The molecular weight excluding hydrogens is 360 g/mol. The maximum absolute atomic E-state index is 2.44. The van der Waals surface area contributed by atoms with Gasteiger partial charge in [0.15, 0.2) is 0 Å². The fourth-order valence-electron chi connectivity index (χ4n) is 4.56. The summed E-state index contributed by atoms with van der Waals surface area (Å²) >= 11 is 0. The third-order valence-corrected chi connectivity index (χ3v) is 5.98. The monoisotopic (exact) mass is 386 g/mol. The third kappa shape index (κ3) is 3.09. The van der Waals surface area contributed by atoms with Crippen molar-refractivity contribution in [1.29, 1.82) is 0 Å². The Morgan fingerprint density at radius 1 is 0.467 bits per heavy atom. The van der Waals surface area contributed by atoms with E-state index in [1.54, 1.807) is 0 Å². The zero-order valence-electron chi connectivity index (χ0n) is 17.8. The third-order valence-electron chi connectivity index (χ3n) is 5.98. The molecule has 0 aliphatic rings. The summed E-state index contributed by atoms with van der Waals surface area (Å²) in [6.07, 6.45) is 0. The fraction of sp³-hybridized carbons (Fsp3) is 0.133. The molecule has 0 heteroatoms. The summed E-state index contributed by atoms with van der Waals surface area (Å²) in [6.45, 7) is 6.96. The van der Waals surface area contributed by atoms with Gasteiger partial charge in [-0.15, -0.1) is 0 Å². The number of hydrogen-bond donors (Lipinski definition) is 0. The van der Waals surface area contributed by atoms with Crippen LogP contribution in [0.4, 0.5) is 0 Å². The molecule has 0 spiro atoms. The maximum atomic E-state index is 2.44. The summed E-state index contributed by atoms with van der Waals surface area (Å²) in [5, 5.41) is 5.25. The summed E-state index contributed by atoms with van der Waals surface area (Å²) in [4.78, 5) is 0. The highest BCUT2D eigenvalue weighted by Crippen LogP contribution is 2.46.